The Balaban J connectivity index is 1.78. The van der Waals surface area contributed by atoms with Crippen molar-refractivity contribution in [3.63, 3.8) is 0 Å². The van der Waals surface area contributed by atoms with Gasteiger partial charge in [-0.25, -0.2) is 9.97 Å². The minimum absolute atomic E-state index is 0.273. The van der Waals surface area contributed by atoms with Crippen LogP contribution in [-0.4, -0.2) is 15.9 Å². The van der Waals surface area contributed by atoms with Gasteiger partial charge in [-0.05, 0) is 31.4 Å². The number of nitrogens with one attached hydrogen (secondary N) is 1. The van der Waals surface area contributed by atoms with Crippen molar-refractivity contribution in [2.24, 2.45) is 0 Å². The van der Waals surface area contributed by atoms with Crippen molar-refractivity contribution in [2.75, 3.05) is 5.32 Å². The van der Waals surface area contributed by atoms with Gasteiger partial charge in [0.25, 0.3) is 5.91 Å². The Hall–Kier alpha value is -1.46. The second kappa shape index (κ2) is 4.66. The van der Waals surface area contributed by atoms with Crippen LogP contribution in [0, 0.1) is 0 Å². The largest absolute Gasteiger partial charge is 0.296 e. The summed E-state index contributed by atoms with van der Waals surface area (Å²) in [5.74, 6) is -0.273. The van der Waals surface area contributed by atoms with Crippen molar-refractivity contribution in [1.82, 2.24) is 9.97 Å². The number of aromatic nitrogens is 2. The third kappa shape index (κ3) is 2.23. The number of rotatable bonds is 2. The fraction of sp³-hybridized carbons (Fsp3) is 0.250. The van der Waals surface area contributed by atoms with Crippen molar-refractivity contribution in [2.45, 2.75) is 19.3 Å². The summed E-state index contributed by atoms with van der Waals surface area (Å²) in [6, 6.07) is 4.96. The van der Waals surface area contributed by atoms with E-state index < -0.39 is 0 Å². The summed E-state index contributed by atoms with van der Waals surface area (Å²) >= 11 is 7.29. The molecule has 0 bridgehead atoms. The number of thiazole rings is 1. The molecule has 0 unspecified atom stereocenters. The molecule has 0 saturated carbocycles. The Labute approximate surface area is 113 Å². The van der Waals surface area contributed by atoms with Gasteiger partial charge in [0.05, 0.1) is 5.69 Å². The van der Waals surface area contributed by atoms with Gasteiger partial charge >= 0.3 is 0 Å². The van der Waals surface area contributed by atoms with E-state index >= 15 is 0 Å². The molecule has 3 rings (SSSR count). The molecular formula is C12H10ClN3OS. The summed E-state index contributed by atoms with van der Waals surface area (Å²) in [5, 5.41) is 3.72. The number of pyridine rings is 1. The van der Waals surface area contributed by atoms with Gasteiger partial charge in [-0.3, -0.25) is 10.1 Å². The third-order valence-corrected chi connectivity index (χ3v) is 4.05. The molecule has 18 heavy (non-hydrogen) atoms. The van der Waals surface area contributed by atoms with E-state index in [1.54, 1.807) is 29.5 Å². The van der Waals surface area contributed by atoms with Gasteiger partial charge in [0.1, 0.15) is 10.8 Å². The number of carbonyl (C=O) groups is 1. The lowest BCUT2D eigenvalue weighted by Gasteiger charge is -2.01. The smallest absolute Gasteiger partial charge is 0.276 e. The normalized spacial score (nSPS) is 13.4. The first-order chi connectivity index (χ1) is 8.72. The van der Waals surface area contributed by atoms with Crippen LogP contribution in [0.1, 0.15) is 27.5 Å². The Bertz CT molecular complexity index is 590. The minimum Gasteiger partial charge on any atom is -0.296 e. The molecule has 0 aromatic carbocycles. The first-order valence-electron chi connectivity index (χ1n) is 5.65. The number of aryl methyl sites for hydroxylation is 2. The van der Waals surface area contributed by atoms with Crippen molar-refractivity contribution in [3.05, 3.63) is 39.6 Å². The van der Waals surface area contributed by atoms with E-state index in [0.29, 0.717) is 16.0 Å². The van der Waals surface area contributed by atoms with Crippen molar-refractivity contribution >= 4 is 34.0 Å². The molecule has 1 aliphatic rings. The zero-order valence-electron chi connectivity index (χ0n) is 9.44. The van der Waals surface area contributed by atoms with E-state index in [0.717, 1.165) is 25.0 Å². The molecule has 2 aromatic rings. The van der Waals surface area contributed by atoms with Gasteiger partial charge in [0.15, 0.2) is 5.13 Å². The van der Waals surface area contributed by atoms with Crippen LogP contribution >= 0.6 is 22.9 Å². The molecule has 0 radical (unpaired) electrons. The molecule has 0 saturated heterocycles. The monoisotopic (exact) mass is 279 g/mol. The van der Waals surface area contributed by atoms with Crippen LogP contribution in [0.2, 0.25) is 5.15 Å². The van der Waals surface area contributed by atoms with Crippen molar-refractivity contribution < 1.29 is 4.79 Å². The fourth-order valence-corrected chi connectivity index (χ4v) is 3.15. The molecule has 0 aliphatic heterocycles. The number of hydrogen-bond acceptors (Lipinski definition) is 4. The summed E-state index contributed by atoms with van der Waals surface area (Å²) in [5.41, 5.74) is 1.42. The predicted octanol–water partition coefficient (Wildman–Crippen LogP) is 2.93. The van der Waals surface area contributed by atoms with Gasteiger partial charge in [-0.15, -0.1) is 11.3 Å². The lowest BCUT2D eigenvalue weighted by Crippen LogP contribution is -2.13. The number of anilines is 1. The maximum atomic E-state index is 11.9. The average Bonchev–Trinajstić information content (AvgIpc) is 2.89. The maximum Gasteiger partial charge on any atom is 0.276 e. The topological polar surface area (TPSA) is 54.9 Å². The number of fused-ring (bicyclic) bond motifs is 1. The molecule has 1 aliphatic carbocycles. The second-order valence-corrected chi connectivity index (χ2v) is 5.51. The summed E-state index contributed by atoms with van der Waals surface area (Å²) < 4.78 is 0. The summed E-state index contributed by atoms with van der Waals surface area (Å²) in [4.78, 5) is 21.6. The van der Waals surface area contributed by atoms with Gasteiger partial charge in [0, 0.05) is 4.88 Å². The van der Waals surface area contributed by atoms with Gasteiger partial charge in [-0.1, -0.05) is 17.7 Å². The highest BCUT2D eigenvalue weighted by Crippen LogP contribution is 2.30. The van der Waals surface area contributed by atoms with E-state index in [-0.39, 0.29) is 5.91 Å². The molecule has 1 amide bonds. The fourth-order valence-electron chi connectivity index (χ4n) is 1.94. The first kappa shape index (κ1) is 11.6. The number of amides is 1. The second-order valence-electron chi connectivity index (χ2n) is 4.04. The zero-order valence-corrected chi connectivity index (χ0v) is 11.0. The van der Waals surface area contributed by atoms with Crippen LogP contribution in [0.5, 0.6) is 0 Å². The summed E-state index contributed by atoms with van der Waals surface area (Å²) in [7, 11) is 0. The van der Waals surface area contributed by atoms with E-state index in [9.17, 15) is 4.79 Å². The molecular weight excluding hydrogens is 270 g/mol. The van der Waals surface area contributed by atoms with E-state index in [1.807, 2.05) is 0 Å². The Morgan fingerprint density at radius 2 is 2.22 bits per heavy atom. The average molecular weight is 280 g/mol. The van der Waals surface area contributed by atoms with E-state index in [2.05, 4.69) is 15.3 Å². The molecule has 92 valence electrons. The highest BCUT2D eigenvalue weighted by Gasteiger charge is 2.18. The van der Waals surface area contributed by atoms with Crippen LogP contribution in [0.3, 0.4) is 0 Å². The lowest BCUT2D eigenvalue weighted by atomic mass is 10.3. The molecule has 2 aromatic heterocycles. The van der Waals surface area contributed by atoms with Gasteiger partial charge < -0.3 is 0 Å². The highest BCUT2D eigenvalue weighted by molar-refractivity contribution is 7.15. The molecule has 0 spiro atoms. The van der Waals surface area contributed by atoms with E-state index in [4.69, 9.17) is 11.6 Å². The van der Waals surface area contributed by atoms with Crippen molar-refractivity contribution in [1.29, 1.82) is 0 Å². The molecule has 1 N–H and O–H groups in total. The Morgan fingerprint density at radius 3 is 3.00 bits per heavy atom. The van der Waals surface area contributed by atoms with Crippen LogP contribution in [0.15, 0.2) is 18.2 Å². The highest BCUT2D eigenvalue weighted by atomic mass is 35.5. The SMILES string of the molecule is O=C(Nc1nc2c(s1)CCC2)c1cccc(Cl)n1. The lowest BCUT2D eigenvalue weighted by molar-refractivity contribution is 0.102. The van der Waals surface area contributed by atoms with Crippen molar-refractivity contribution in [3.8, 4) is 0 Å². The number of halogens is 1. The Kier molecular flexibility index (Phi) is 3.01. The number of carbonyl (C=O) groups excluding carboxylic acids is 1. The summed E-state index contributed by atoms with van der Waals surface area (Å²) in [6.07, 6.45) is 3.24. The van der Waals surface area contributed by atoms with Gasteiger partial charge in [0.2, 0.25) is 0 Å². The first-order valence-corrected chi connectivity index (χ1v) is 6.84. The standard InChI is InChI=1S/C12H10ClN3OS/c13-10-6-2-4-8(14-10)11(17)16-12-15-7-3-1-5-9(7)18-12/h2,4,6H,1,3,5H2,(H,15,16,17). The molecule has 2 heterocycles. The van der Waals surface area contributed by atoms with E-state index in [1.165, 1.54) is 4.88 Å². The number of hydrogen-bond donors (Lipinski definition) is 1. The third-order valence-electron chi connectivity index (χ3n) is 2.76. The Morgan fingerprint density at radius 1 is 1.33 bits per heavy atom. The van der Waals surface area contributed by atoms with Crippen LogP contribution < -0.4 is 5.32 Å². The van der Waals surface area contributed by atoms with Crippen LogP contribution in [0.4, 0.5) is 5.13 Å². The predicted molar refractivity (Wildman–Crippen MR) is 71.3 cm³/mol. The van der Waals surface area contributed by atoms with Gasteiger partial charge in [-0.2, -0.15) is 0 Å². The molecule has 0 atom stereocenters. The zero-order chi connectivity index (χ0) is 12.5. The number of nitrogens with zero attached hydrogens (tertiary/aromatic N) is 2. The maximum absolute atomic E-state index is 11.9. The minimum atomic E-state index is -0.273. The van der Waals surface area contributed by atoms with Crippen LogP contribution in [-0.2, 0) is 12.8 Å². The van der Waals surface area contributed by atoms with Crippen LogP contribution in [0.25, 0.3) is 0 Å². The summed E-state index contributed by atoms with van der Waals surface area (Å²) in [6.45, 7) is 0. The molecule has 0 fully saturated rings. The molecule has 4 nitrogen and oxygen atoms in total. The quantitative estimate of drug-likeness (QED) is 0.860. The molecule has 6 heteroatoms.